The van der Waals surface area contributed by atoms with Crippen molar-refractivity contribution in [3.63, 3.8) is 0 Å². The number of fused-ring (bicyclic) bond motifs is 1. The van der Waals surface area contributed by atoms with Gasteiger partial charge in [-0.15, -0.1) is 0 Å². The number of nitrogens with one attached hydrogen (secondary N) is 1. The molecule has 1 saturated heterocycles. The number of nitrogens with zero attached hydrogens (tertiary/aromatic N) is 2. The number of carbonyl (C=O) groups is 3. The molecule has 0 aliphatic carbocycles. The molecule has 0 saturated carbocycles. The topological polar surface area (TPSA) is 118 Å². The highest BCUT2D eigenvalue weighted by atomic mass is 16.6. The highest BCUT2D eigenvalue weighted by molar-refractivity contribution is 5.91. The van der Waals surface area contributed by atoms with Crippen molar-refractivity contribution in [2.75, 3.05) is 32.1 Å². The van der Waals surface area contributed by atoms with Crippen molar-refractivity contribution in [3.8, 4) is 11.5 Å². The van der Waals surface area contributed by atoms with Crippen molar-refractivity contribution in [1.82, 2.24) is 9.80 Å². The summed E-state index contributed by atoms with van der Waals surface area (Å²) in [7, 11) is 1.61. The van der Waals surface area contributed by atoms with Gasteiger partial charge in [-0.2, -0.15) is 0 Å². The Balaban J connectivity index is 1.15. The van der Waals surface area contributed by atoms with Gasteiger partial charge in [-0.05, 0) is 79.1 Å². The van der Waals surface area contributed by atoms with Gasteiger partial charge in [0, 0.05) is 37.8 Å². The lowest BCUT2D eigenvalue weighted by molar-refractivity contribution is -0.147. The number of anilines is 1. The molecule has 1 unspecified atom stereocenters. The Morgan fingerprint density at radius 3 is 2.34 bits per heavy atom. The minimum Gasteiger partial charge on any atom is -0.497 e. The number of urea groups is 1. The van der Waals surface area contributed by atoms with Gasteiger partial charge in [0.25, 0.3) is 0 Å². The Bertz CT molecular complexity index is 1480. The zero-order chi connectivity index (χ0) is 31.2. The maximum Gasteiger partial charge on any atom is 0.410 e. The van der Waals surface area contributed by atoms with Crippen LogP contribution in [0.4, 0.5) is 15.3 Å². The van der Waals surface area contributed by atoms with E-state index < -0.39 is 18.2 Å². The Hall–Kier alpha value is -4.73. The number of carbonyl (C=O) groups excluding carboxylic acids is 2. The maximum absolute atomic E-state index is 13.0. The molecule has 2 heterocycles. The van der Waals surface area contributed by atoms with E-state index in [1.54, 1.807) is 7.11 Å². The van der Waals surface area contributed by atoms with Crippen LogP contribution in [0.5, 0.6) is 11.5 Å². The van der Waals surface area contributed by atoms with Crippen LogP contribution in [0.2, 0.25) is 0 Å². The average molecular weight is 602 g/mol. The molecule has 1 fully saturated rings. The number of ether oxygens (including phenoxy) is 3. The Morgan fingerprint density at radius 2 is 1.68 bits per heavy atom. The molecule has 2 aliphatic rings. The number of hydrogen-bond acceptors (Lipinski definition) is 6. The molecule has 3 aromatic rings. The van der Waals surface area contributed by atoms with E-state index in [9.17, 15) is 19.5 Å². The minimum absolute atomic E-state index is 0.0392. The molecule has 10 heteroatoms. The molecule has 44 heavy (non-hydrogen) atoms. The number of carboxylic acids is 1. The number of hydrogen-bond donors (Lipinski definition) is 2. The monoisotopic (exact) mass is 601 g/mol. The van der Waals surface area contributed by atoms with Crippen molar-refractivity contribution >= 4 is 23.8 Å². The number of carboxylic acid groups (broad SMARTS) is 1. The van der Waals surface area contributed by atoms with Crippen LogP contribution in [0.3, 0.4) is 0 Å². The molecule has 0 radical (unpaired) electrons. The van der Waals surface area contributed by atoms with Crippen molar-refractivity contribution in [2.24, 2.45) is 0 Å². The molecule has 5 rings (SSSR count). The molecule has 232 valence electrons. The van der Waals surface area contributed by atoms with Crippen LogP contribution in [0.15, 0.2) is 60.7 Å². The van der Waals surface area contributed by atoms with Crippen molar-refractivity contribution in [1.29, 1.82) is 0 Å². The Kier molecular flexibility index (Phi) is 9.57. The summed E-state index contributed by atoms with van der Waals surface area (Å²) in [4.78, 5) is 41.5. The van der Waals surface area contributed by atoms with Crippen molar-refractivity contribution < 1.29 is 33.7 Å². The van der Waals surface area contributed by atoms with Crippen LogP contribution < -0.4 is 14.8 Å². The van der Waals surface area contributed by atoms with Gasteiger partial charge < -0.3 is 34.4 Å². The zero-order valence-electron chi connectivity index (χ0n) is 25.4. The number of likely N-dealkylation sites (tertiary alicyclic amines) is 1. The molecule has 0 aromatic heterocycles. The molecule has 1 atom stereocenters. The smallest absolute Gasteiger partial charge is 0.410 e. The first kappa shape index (κ1) is 30.7. The summed E-state index contributed by atoms with van der Waals surface area (Å²) in [6.07, 6.45) is -0.121. The van der Waals surface area contributed by atoms with Gasteiger partial charge in [0.15, 0.2) is 0 Å². The van der Waals surface area contributed by atoms with Crippen LogP contribution >= 0.6 is 0 Å². The van der Waals surface area contributed by atoms with E-state index in [2.05, 4.69) is 5.32 Å². The molecular weight excluding hydrogens is 562 g/mol. The number of aliphatic carboxylic acids is 1. The van der Waals surface area contributed by atoms with Crippen LogP contribution in [0.1, 0.15) is 40.7 Å². The van der Waals surface area contributed by atoms with Gasteiger partial charge in [0.05, 0.1) is 7.11 Å². The van der Waals surface area contributed by atoms with E-state index >= 15 is 0 Å². The molecule has 0 spiro atoms. The minimum atomic E-state index is -1.33. The first-order valence-corrected chi connectivity index (χ1v) is 14.9. The van der Waals surface area contributed by atoms with Crippen LogP contribution in [-0.4, -0.2) is 71.9 Å². The predicted octanol–water partition coefficient (Wildman–Crippen LogP) is 5.58. The summed E-state index contributed by atoms with van der Waals surface area (Å²) >= 11 is 0. The molecule has 2 aliphatic heterocycles. The third kappa shape index (κ3) is 7.24. The average Bonchev–Trinajstić information content (AvgIpc) is 3.18. The summed E-state index contributed by atoms with van der Waals surface area (Å²) < 4.78 is 16.9. The number of rotatable bonds is 9. The summed E-state index contributed by atoms with van der Waals surface area (Å²) in [5.41, 5.74) is 5.36. The fourth-order valence-electron chi connectivity index (χ4n) is 5.97. The summed E-state index contributed by atoms with van der Waals surface area (Å²) in [6.45, 7) is 5.56. The lowest BCUT2D eigenvalue weighted by atomic mass is 10.0. The summed E-state index contributed by atoms with van der Waals surface area (Å²) in [6, 6.07) is 19.0. The molecule has 0 bridgehead atoms. The second kappa shape index (κ2) is 13.7. The van der Waals surface area contributed by atoms with Crippen LogP contribution in [0.25, 0.3) is 0 Å². The number of aryl methyl sites for hydroxylation is 2. The highest BCUT2D eigenvalue weighted by Crippen LogP contribution is 2.29. The van der Waals surface area contributed by atoms with Gasteiger partial charge in [-0.1, -0.05) is 42.5 Å². The van der Waals surface area contributed by atoms with E-state index in [-0.39, 0.29) is 18.5 Å². The number of methoxy groups -OCH3 is 1. The van der Waals surface area contributed by atoms with Crippen LogP contribution in [0, 0.1) is 13.8 Å². The molecule has 2 N–H and O–H groups in total. The molecule has 3 aromatic carbocycles. The number of amides is 3. The molecule has 10 nitrogen and oxygen atoms in total. The van der Waals surface area contributed by atoms with Gasteiger partial charge in [-0.25, -0.2) is 14.4 Å². The quantitative estimate of drug-likeness (QED) is 0.329. The van der Waals surface area contributed by atoms with Crippen LogP contribution in [-0.2, 0) is 29.0 Å². The summed E-state index contributed by atoms with van der Waals surface area (Å²) in [5, 5.41) is 12.9. The van der Waals surface area contributed by atoms with Gasteiger partial charge >= 0.3 is 18.1 Å². The SMILES string of the molecule is COc1ccc2c(c1)CCN(C1CCN(C(=O)OC(Cc3cc(C)c(OCc4ccccc4)c(C)c3)C(=O)O)CC1)C(=O)N2. The van der Waals surface area contributed by atoms with Gasteiger partial charge in [-0.3, -0.25) is 0 Å². The second-order valence-electron chi connectivity index (χ2n) is 11.4. The second-order valence-corrected chi connectivity index (χ2v) is 11.4. The standard InChI is InChI=1S/C34H39N3O7/c1-22-17-25(18-23(2)31(22)43-21-24-7-5-4-6-8-24)19-30(32(38)39)44-34(41)36-14-12-27(13-15-36)37-16-11-26-20-28(42-3)9-10-29(26)35-33(37)40/h4-10,17-18,20,27,30H,11-16,19,21H2,1-3H3,(H,35,40)(H,38,39). The summed E-state index contributed by atoms with van der Waals surface area (Å²) in [5.74, 6) is 0.296. The fourth-order valence-corrected chi connectivity index (χ4v) is 5.97. The predicted molar refractivity (Wildman–Crippen MR) is 165 cm³/mol. The largest absolute Gasteiger partial charge is 0.497 e. The molecule has 3 amide bonds. The van der Waals surface area contributed by atoms with Crippen molar-refractivity contribution in [3.05, 3.63) is 88.5 Å². The number of piperidine rings is 1. The lowest BCUT2D eigenvalue weighted by Crippen LogP contribution is -2.50. The van der Waals surface area contributed by atoms with Crippen molar-refractivity contribution in [2.45, 2.75) is 58.3 Å². The number of benzene rings is 3. The third-order valence-electron chi connectivity index (χ3n) is 8.29. The Morgan fingerprint density at radius 1 is 0.977 bits per heavy atom. The van der Waals surface area contributed by atoms with E-state index in [0.717, 1.165) is 45.0 Å². The fraction of sp³-hybridized carbons (Fsp3) is 0.382. The third-order valence-corrected chi connectivity index (χ3v) is 8.29. The van der Waals surface area contributed by atoms with E-state index in [0.29, 0.717) is 45.5 Å². The highest BCUT2D eigenvalue weighted by Gasteiger charge is 2.33. The lowest BCUT2D eigenvalue weighted by Gasteiger charge is -2.37. The van der Waals surface area contributed by atoms with Gasteiger partial charge in [0.2, 0.25) is 6.10 Å². The first-order valence-electron chi connectivity index (χ1n) is 14.9. The first-order chi connectivity index (χ1) is 21.2. The Labute approximate surface area is 257 Å². The molecular formula is C34H39N3O7. The maximum atomic E-state index is 13.0. The van der Waals surface area contributed by atoms with Gasteiger partial charge in [0.1, 0.15) is 18.1 Å². The normalized spacial score (nSPS) is 15.9. The van der Waals surface area contributed by atoms with E-state index in [1.807, 2.05) is 79.4 Å². The van der Waals surface area contributed by atoms with E-state index in [4.69, 9.17) is 14.2 Å². The van der Waals surface area contributed by atoms with E-state index in [1.165, 1.54) is 4.90 Å². The zero-order valence-corrected chi connectivity index (χ0v) is 25.4.